The maximum absolute atomic E-state index is 5.94. The maximum atomic E-state index is 5.94. The molecule has 1 atom stereocenters. The Morgan fingerprint density at radius 1 is 0.960 bits per heavy atom. The highest BCUT2D eigenvalue weighted by molar-refractivity contribution is 5.70. The average molecular weight is 336 g/mol. The molecule has 5 heteroatoms. The smallest absolute Gasteiger partial charge is 0.254 e. The van der Waals surface area contributed by atoms with Crippen LogP contribution in [0, 0.1) is 0 Å². The highest BCUT2D eigenvalue weighted by Crippen LogP contribution is 2.30. The molecule has 0 spiro atoms. The van der Waals surface area contributed by atoms with Crippen LogP contribution < -0.4 is 4.74 Å². The van der Waals surface area contributed by atoms with Crippen LogP contribution in [0.25, 0.3) is 11.1 Å². The number of para-hydroxylation sites is 1. The van der Waals surface area contributed by atoms with Gasteiger partial charge in [0, 0.05) is 12.2 Å². The summed E-state index contributed by atoms with van der Waals surface area (Å²) in [5, 5.41) is 8.20. The Bertz CT molecular complexity index is 811. The van der Waals surface area contributed by atoms with Crippen molar-refractivity contribution in [2.45, 2.75) is 32.0 Å². The molecule has 25 heavy (non-hydrogen) atoms. The van der Waals surface area contributed by atoms with Crippen molar-refractivity contribution in [2.75, 3.05) is 6.61 Å². The Kier molecular flexibility index (Phi) is 4.74. The molecule has 1 aliphatic heterocycles. The number of nitrogens with zero attached hydrogens (tertiary/aromatic N) is 2. The highest BCUT2D eigenvalue weighted by Gasteiger charge is 2.22. The first-order valence-electron chi connectivity index (χ1n) is 8.61. The van der Waals surface area contributed by atoms with Gasteiger partial charge in [0.2, 0.25) is 5.89 Å². The van der Waals surface area contributed by atoms with Gasteiger partial charge in [-0.1, -0.05) is 48.5 Å². The molecule has 0 bridgehead atoms. The topological polar surface area (TPSA) is 57.4 Å². The second kappa shape index (κ2) is 7.49. The Morgan fingerprint density at radius 3 is 2.64 bits per heavy atom. The van der Waals surface area contributed by atoms with E-state index in [2.05, 4.69) is 22.3 Å². The largest absolute Gasteiger partial charge is 0.483 e. The predicted octanol–water partition coefficient (Wildman–Crippen LogP) is 4.56. The number of ether oxygens (including phenoxy) is 2. The van der Waals surface area contributed by atoms with E-state index < -0.39 is 0 Å². The molecule has 0 unspecified atom stereocenters. The zero-order valence-electron chi connectivity index (χ0n) is 13.9. The molecule has 4 rings (SSSR count). The van der Waals surface area contributed by atoms with Crippen LogP contribution >= 0.6 is 0 Å². The summed E-state index contributed by atoms with van der Waals surface area (Å²) in [6, 6.07) is 18.1. The van der Waals surface area contributed by atoms with Crippen molar-refractivity contribution in [2.24, 2.45) is 0 Å². The molecule has 1 saturated heterocycles. The number of rotatable bonds is 5. The minimum absolute atomic E-state index is 0.0772. The fourth-order valence-electron chi connectivity index (χ4n) is 2.98. The first-order chi connectivity index (χ1) is 12.4. The lowest BCUT2D eigenvalue weighted by Gasteiger charge is -2.18. The minimum atomic E-state index is -0.0772. The quantitative estimate of drug-likeness (QED) is 0.684. The van der Waals surface area contributed by atoms with Crippen molar-refractivity contribution < 1.29 is 13.9 Å². The lowest BCUT2D eigenvalue weighted by molar-refractivity contribution is -0.00258. The van der Waals surface area contributed by atoms with Crippen molar-refractivity contribution in [3.05, 3.63) is 66.4 Å². The molecule has 1 aliphatic rings. The second-order valence-corrected chi connectivity index (χ2v) is 6.04. The Balaban J connectivity index is 1.46. The van der Waals surface area contributed by atoms with Crippen LogP contribution in [0.1, 0.15) is 37.1 Å². The Labute approximate surface area is 146 Å². The standard InChI is InChI=1S/C20H20N2O3/c1-2-8-15(9-3-1)16-10-4-5-11-17(16)24-14-19-21-22-20(25-19)18-12-6-7-13-23-18/h1-5,8-11,18H,6-7,12-14H2/t18-/m1/s1. The van der Waals surface area contributed by atoms with Gasteiger partial charge in [-0.05, 0) is 30.9 Å². The summed E-state index contributed by atoms with van der Waals surface area (Å²) in [6.07, 6.45) is 3.08. The Morgan fingerprint density at radius 2 is 1.80 bits per heavy atom. The molecule has 0 radical (unpaired) electrons. The normalized spacial score (nSPS) is 17.4. The monoisotopic (exact) mass is 336 g/mol. The van der Waals surface area contributed by atoms with Gasteiger partial charge in [0.15, 0.2) is 6.61 Å². The lowest BCUT2D eigenvalue weighted by Crippen LogP contribution is -2.11. The first kappa shape index (κ1) is 15.8. The fraction of sp³-hybridized carbons (Fsp3) is 0.300. The van der Waals surface area contributed by atoms with Crippen molar-refractivity contribution >= 4 is 0 Å². The van der Waals surface area contributed by atoms with Gasteiger partial charge < -0.3 is 13.9 Å². The molecular weight excluding hydrogens is 316 g/mol. The second-order valence-electron chi connectivity index (χ2n) is 6.04. The Hall–Kier alpha value is -2.66. The number of benzene rings is 2. The van der Waals surface area contributed by atoms with Crippen LogP contribution in [0.2, 0.25) is 0 Å². The first-order valence-corrected chi connectivity index (χ1v) is 8.61. The van der Waals surface area contributed by atoms with Crippen LogP contribution in [0.4, 0.5) is 0 Å². The van der Waals surface area contributed by atoms with Gasteiger partial charge in [-0.2, -0.15) is 0 Å². The number of aromatic nitrogens is 2. The van der Waals surface area contributed by atoms with Crippen molar-refractivity contribution in [1.29, 1.82) is 0 Å². The summed E-state index contributed by atoms with van der Waals surface area (Å²) >= 11 is 0. The maximum Gasteiger partial charge on any atom is 0.254 e. The van der Waals surface area contributed by atoms with Crippen LogP contribution in [0.3, 0.4) is 0 Å². The molecule has 2 aromatic carbocycles. The van der Waals surface area contributed by atoms with Crippen LogP contribution in [0.15, 0.2) is 59.0 Å². The van der Waals surface area contributed by atoms with Crippen molar-refractivity contribution in [3.63, 3.8) is 0 Å². The third-order valence-electron chi connectivity index (χ3n) is 4.26. The molecule has 1 aromatic heterocycles. The molecule has 3 aromatic rings. The van der Waals surface area contributed by atoms with E-state index in [0.29, 0.717) is 11.8 Å². The summed E-state index contributed by atoms with van der Waals surface area (Å²) < 4.78 is 17.3. The van der Waals surface area contributed by atoms with Gasteiger partial charge in [-0.15, -0.1) is 10.2 Å². The van der Waals surface area contributed by atoms with Crippen molar-refractivity contribution in [1.82, 2.24) is 10.2 Å². The summed E-state index contributed by atoms with van der Waals surface area (Å²) in [5.41, 5.74) is 2.15. The predicted molar refractivity (Wildman–Crippen MR) is 93.1 cm³/mol. The molecule has 0 N–H and O–H groups in total. The van der Waals surface area contributed by atoms with Gasteiger partial charge >= 0.3 is 0 Å². The van der Waals surface area contributed by atoms with Crippen molar-refractivity contribution in [3.8, 4) is 16.9 Å². The highest BCUT2D eigenvalue weighted by atomic mass is 16.5. The minimum Gasteiger partial charge on any atom is -0.483 e. The van der Waals surface area contributed by atoms with Gasteiger partial charge in [0.05, 0.1) is 0 Å². The summed E-state index contributed by atoms with van der Waals surface area (Å²) in [5.74, 6) is 1.81. The van der Waals surface area contributed by atoms with Crippen LogP contribution in [-0.2, 0) is 11.3 Å². The SMILES string of the molecule is c1ccc(-c2ccccc2OCc2nnc([C@H]3CCCCO3)o2)cc1. The molecule has 1 fully saturated rings. The zero-order valence-corrected chi connectivity index (χ0v) is 13.9. The van der Waals surface area contributed by atoms with Gasteiger partial charge in [-0.25, -0.2) is 0 Å². The summed E-state index contributed by atoms with van der Waals surface area (Å²) in [4.78, 5) is 0. The van der Waals surface area contributed by atoms with Crippen LogP contribution in [0.5, 0.6) is 5.75 Å². The molecule has 128 valence electrons. The van der Waals surface area contributed by atoms with Gasteiger partial charge in [0.25, 0.3) is 5.89 Å². The van der Waals surface area contributed by atoms with E-state index in [0.717, 1.165) is 42.7 Å². The molecule has 0 saturated carbocycles. The van der Waals surface area contributed by atoms with E-state index in [-0.39, 0.29) is 12.7 Å². The average Bonchev–Trinajstić information content (AvgIpc) is 3.17. The van der Waals surface area contributed by atoms with E-state index in [4.69, 9.17) is 13.9 Å². The third-order valence-corrected chi connectivity index (χ3v) is 4.26. The summed E-state index contributed by atoms with van der Waals surface area (Å²) in [7, 11) is 0. The van der Waals surface area contributed by atoms with E-state index in [9.17, 15) is 0 Å². The fourth-order valence-corrected chi connectivity index (χ4v) is 2.98. The molecular formula is C20H20N2O3. The molecule has 5 nitrogen and oxygen atoms in total. The molecule has 0 aliphatic carbocycles. The van der Waals surface area contributed by atoms with E-state index >= 15 is 0 Å². The number of hydrogen-bond donors (Lipinski definition) is 0. The molecule has 0 amide bonds. The number of hydrogen-bond acceptors (Lipinski definition) is 5. The zero-order chi connectivity index (χ0) is 16.9. The van der Waals surface area contributed by atoms with Gasteiger partial charge in [0.1, 0.15) is 11.9 Å². The summed E-state index contributed by atoms with van der Waals surface area (Å²) in [6.45, 7) is 0.993. The van der Waals surface area contributed by atoms with E-state index in [1.54, 1.807) is 0 Å². The lowest BCUT2D eigenvalue weighted by atomic mass is 10.1. The van der Waals surface area contributed by atoms with E-state index in [1.807, 2.05) is 42.5 Å². The van der Waals surface area contributed by atoms with E-state index in [1.165, 1.54) is 0 Å². The van der Waals surface area contributed by atoms with Gasteiger partial charge in [-0.3, -0.25) is 0 Å². The third kappa shape index (κ3) is 3.72. The van der Waals surface area contributed by atoms with Crippen LogP contribution in [-0.4, -0.2) is 16.8 Å². The molecule has 2 heterocycles.